The summed E-state index contributed by atoms with van der Waals surface area (Å²) in [6.07, 6.45) is 0.385. The topological polar surface area (TPSA) is 32.9 Å². The standard InChI is InChI=1S/C15H7F4NO/c16-8-4-12(19)14-9(6-21)15(20-13(14)5-8)7-1-2-10(17)11(18)3-7/h1-6,20H. The van der Waals surface area contributed by atoms with Crippen molar-refractivity contribution in [1.82, 2.24) is 4.98 Å². The van der Waals surface area contributed by atoms with Gasteiger partial charge in [-0.05, 0) is 24.3 Å². The van der Waals surface area contributed by atoms with E-state index in [1.54, 1.807) is 0 Å². The molecule has 0 saturated carbocycles. The number of carbonyl (C=O) groups excluding carboxylic acids is 1. The molecule has 2 nitrogen and oxygen atoms in total. The van der Waals surface area contributed by atoms with Gasteiger partial charge in [0, 0.05) is 17.0 Å². The summed E-state index contributed by atoms with van der Waals surface area (Å²) in [4.78, 5) is 13.9. The Kier molecular flexibility index (Phi) is 3.01. The molecule has 2 aromatic carbocycles. The van der Waals surface area contributed by atoms with Crippen LogP contribution in [0.25, 0.3) is 22.2 Å². The number of aldehydes is 1. The van der Waals surface area contributed by atoms with Crippen LogP contribution in [-0.4, -0.2) is 11.3 Å². The maximum Gasteiger partial charge on any atom is 0.159 e. The summed E-state index contributed by atoms with van der Waals surface area (Å²) < 4.78 is 53.3. The minimum Gasteiger partial charge on any atom is -0.354 e. The number of rotatable bonds is 2. The van der Waals surface area contributed by atoms with Gasteiger partial charge < -0.3 is 4.98 Å². The molecule has 0 amide bonds. The van der Waals surface area contributed by atoms with E-state index in [9.17, 15) is 22.4 Å². The number of benzene rings is 2. The van der Waals surface area contributed by atoms with Crippen LogP contribution < -0.4 is 0 Å². The Morgan fingerprint density at radius 2 is 1.67 bits per heavy atom. The fraction of sp³-hybridized carbons (Fsp3) is 0. The zero-order valence-electron chi connectivity index (χ0n) is 10.4. The smallest absolute Gasteiger partial charge is 0.159 e. The second kappa shape index (κ2) is 4.73. The third-order valence-corrected chi connectivity index (χ3v) is 3.18. The molecule has 0 unspecified atom stereocenters. The third-order valence-electron chi connectivity index (χ3n) is 3.18. The minimum absolute atomic E-state index is 0.0642. The largest absolute Gasteiger partial charge is 0.354 e. The molecule has 0 aliphatic heterocycles. The van der Waals surface area contributed by atoms with Crippen molar-refractivity contribution in [2.24, 2.45) is 0 Å². The van der Waals surface area contributed by atoms with Crippen LogP contribution in [0.15, 0.2) is 30.3 Å². The first kappa shape index (κ1) is 13.4. The maximum atomic E-state index is 13.8. The lowest BCUT2D eigenvalue weighted by atomic mass is 10.1. The number of nitrogens with one attached hydrogen (secondary N) is 1. The van der Waals surface area contributed by atoms with Crippen molar-refractivity contribution in [3.05, 3.63) is 59.2 Å². The lowest BCUT2D eigenvalue weighted by molar-refractivity contribution is 0.112. The second-order valence-corrected chi connectivity index (χ2v) is 4.47. The highest BCUT2D eigenvalue weighted by Crippen LogP contribution is 2.32. The number of aromatic amines is 1. The molecule has 1 aromatic heterocycles. The first-order valence-corrected chi connectivity index (χ1v) is 5.92. The average Bonchev–Trinajstić information content (AvgIpc) is 2.80. The van der Waals surface area contributed by atoms with E-state index in [0.717, 1.165) is 18.2 Å². The normalized spacial score (nSPS) is 11.0. The highest BCUT2D eigenvalue weighted by Gasteiger charge is 2.18. The molecule has 0 bridgehead atoms. The molecular weight excluding hydrogens is 286 g/mol. The molecule has 0 aliphatic carbocycles. The molecule has 0 spiro atoms. The zero-order valence-corrected chi connectivity index (χ0v) is 10.4. The Labute approximate surface area is 116 Å². The lowest BCUT2D eigenvalue weighted by Gasteiger charge is -2.01. The van der Waals surface area contributed by atoms with Crippen molar-refractivity contribution in [3.8, 4) is 11.3 Å². The minimum atomic E-state index is -1.10. The third kappa shape index (κ3) is 2.08. The van der Waals surface area contributed by atoms with Gasteiger partial charge >= 0.3 is 0 Å². The second-order valence-electron chi connectivity index (χ2n) is 4.47. The first-order valence-electron chi connectivity index (χ1n) is 5.92. The monoisotopic (exact) mass is 293 g/mol. The van der Waals surface area contributed by atoms with Crippen molar-refractivity contribution in [1.29, 1.82) is 0 Å². The van der Waals surface area contributed by atoms with Crippen molar-refractivity contribution in [2.75, 3.05) is 0 Å². The van der Waals surface area contributed by atoms with Crippen LogP contribution in [0.5, 0.6) is 0 Å². The highest BCUT2D eigenvalue weighted by molar-refractivity contribution is 6.04. The predicted molar refractivity (Wildman–Crippen MR) is 69.0 cm³/mol. The summed E-state index contributed by atoms with van der Waals surface area (Å²) in [5.41, 5.74) is 0.248. The van der Waals surface area contributed by atoms with Gasteiger partial charge in [-0.1, -0.05) is 0 Å². The van der Waals surface area contributed by atoms with E-state index in [-0.39, 0.29) is 27.7 Å². The van der Waals surface area contributed by atoms with Crippen molar-refractivity contribution < 1.29 is 22.4 Å². The summed E-state index contributed by atoms with van der Waals surface area (Å²) in [5, 5.41) is -0.0915. The van der Waals surface area contributed by atoms with Crippen LogP contribution in [0.1, 0.15) is 10.4 Å². The molecule has 0 atom stereocenters. The maximum absolute atomic E-state index is 13.8. The molecule has 21 heavy (non-hydrogen) atoms. The van der Waals surface area contributed by atoms with Crippen molar-refractivity contribution in [3.63, 3.8) is 0 Å². The van der Waals surface area contributed by atoms with E-state index in [1.165, 1.54) is 6.07 Å². The number of hydrogen-bond donors (Lipinski definition) is 1. The van der Waals surface area contributed by atoms with E-state index < -0.39 is 23.3 Å². The lowest BCUT2D eigenvalue weighted by Crippen LogP contribution is -1.89. The molecule has 106 valence electrons. The fourth-order valence-electron chi connectivity index (χ4n) is 2.27. The van der Waals surface area contributed by atoms with Gasteiger partial charge in [-0.3, -0.25) is 4.79 Å². The molecule has 0 aliphatic rings. The summed E-state index contributed by atoms with van der Waals surface area (Å²) in [6, 6.07) is 4.68. The molecule has 0 radical (unpaired) electrons. The summed E-state index contributed by atoms with van der Waals surface area (Å²) in [5.74, 6) is -3.86. The van der Waals surface area contributed by atoms with Crippen molar-refractivity contribution in [2.45, 2.75) is 0 Å². The van der Waals surface area contributed by atoms with E-state index in [4.69, 9.17) is 0 Å². The molecule has 0 fully saturated rings. The number of H-pyrrole nitrogens is 1. The van der Waals surface area contributed by atoms with Gasteiger partial charge in [0.15, 0.2) is 17.9 Å². The summed E-state index contributed by atoms with van der Waals surface area (Å²) in [7, 11) is 0. The highest BCUT2D eigenvalue weighted by atomic mass is 19.2. The van der Waals surface area contributed by atoms with E-state index >= 15 is 0 Å². The van der Waals surface area contributed by atoms with Crippen LogP contribution in [0.3, 0.4) is 0 Å². The zero-order chi connectivity index (χ0) is 15.1. The fourth-order valence-corrected chi connectivity index (χ4v) is 2.27. The van der Waals surface area contributed by atoms with Crippen molar-refractivity contribution >= 4 is 17.2 Å². The average molecular weight is 293 g/mol. The number of aromatic nitrogens is 1. The molecule has 0 saturated heterocycles. The number of hydrogen-bond acceptors (Lipinski definition) is 1. The molecule has 3 rings (SSSR count). The van der Waals surface area contributed by atoms with Gasteiger partial charge in [0.1, 0.15) is 11.6 Å². The molecule has 3 aromatic rings. The number of carbonyl (C=O) groups is 1. The quantitative estimate of drug-likeness (QED) is 0.557. The van der Waals surface area contributed by atoms with Crippen LogP contribution in [-0.2, 0) is 0 Å². The first-order chi connectivity index (χ1) is 10.0. The number of halogens is 4. The van der Waals surface area contributed by atoms with Gasteiger partial charge in [-0.2, -0.15) is 0 Å². The van der Waals surface area contributed by atoms with Gasteiger partial charge in [0.2, 0.25) is 0 Å². The van der Waals surface area contributed by atoms with Crippen LogP contribution in [0.2, 0.25) is 0 Å². The van der Waals surface area contributed by atoms with E-state index in [2.05, 4.69) is 4.98 Å². The van der Waals surface area contributed by atoms with E-state index in [0.29, 0.717) is 12.4 Å². The van der Waals surface area contributed by atoms with Gasteiger partial charge in [0.05, 0.1) is 16.8 Å². The van der Waals surface area contributed by atoms with Crippen LogP contribution >= 0.6 is 0 Å². The van der Waals surface area contributed by atoms with Crippen LogP contribution in [0.4, 0.5) is 17.6 Å². The van der Waals surface area contributed by atoms with Crippen LogP contribution in [0, 0.1) is 23.3 Å². The van der Waals surface area contributed by atoms with Gasteiger partial charge in [-0.15, -0.1) is 0 Å². The Bertz CT molecular complexity index is 870. The molecule has 6 heteroatoms. The van der Waals surface area contributed by atoms with E-state index in [1.807, 2.05) is 0 Å². The summed E-state index contributed by atoms with van der Waals surface area (Å²) >= 11 is 0. The molecular formula is C15H7F4NO. The number of fused-ring (bicyclic) bond motifs is 1. The van der Waals surface area contributed by atoms with Gasteiger partial charge in [0.25, 0.3) is 0 Å². The Balaban J connectivity index is 2.34. The molecule has 1 heterocycles. The summed E-state index contributed by atoms with van der Waals surface area (Å²) in [6.45, 7) is 0. The Morgan fingerprint density at radius 1 is 0.905 bits per heavy atom. The SMILES string of the molecule is O=Cc1c(-c2ccc(F)c(F)c2)[nH]c2cc(F)cc(F)c12. The Hall–Kier alpha value is -2.63. The predicted octanol–water partition coefficient (Wildman–Crippen LogP) is 4.20. The van der Waals surface area contributed by atoms with Gasteiger partial charge in [-0.25, -0.2) is 17.6 Å². The molecule has 1 N–H and O–H groups in total. The Morgan fingerprint density at radius 3 is 2.33 bits per heavy atom.